The summed E-state index contributed by atoms with van der Waals surface area (Å²) in [4.78, 5) is 10.4. The summed E-state index contributed by atoms with van der Waals surface area (Å²) in [6, 6.07) is 10.8. The van der Waals surface area contributed by atoms with Crippen molar-refractivity contribution in [3.8, 4) is 0 Å². The number of hydrogen-bond acceptors (Lipinski definition) is 2. The fraction of sp³-hybridized carbons (Fsp3) is 0.0909. The molecule has 3 nitrogen and oxygen atoms in total. The SMILES string of the molecule is O=[N+]([O-])c1cc2ccccc2cc1CCl. The van der Waals surface area contributed by atoms with Crippen LogP contribution in [0.25, 0.3) is 10.8 Å². The molecule has 0 atom stereocenters. The van der Waals surface area contributed by atoms with Crippen molar-refractivity contribution in [3.63, 3.8) is 0 Å². The lowest BCUT2D eigenvalue weighted by Crippen LogP contribution is -1.93. The number of rotatable bonds is 2. The van der Waals surface area contributed by atoms with Gasteiger partial charge in [0.2, 0.25) is 0 Å². The summed E-state index contributed by atoms with van der Waals surface area (Å²) < 4.78 is 0. The lowest BCUT2D eigenvalue weighted by Gasteiger charge is -2.02. The van der Waals surface area contributed by atoms with Crippen LogP contribution in [-0.2, 0) is 5.88 Å². The second-order valence-electron chi connectivity index (χ2n) is 3.22. The van der Waals surface area contributed by atoms with E-state index in [0.717, 1.165) is 10.8 Å². The minimum absolute atomic E-state index is 0.0868. The first kappa shape index (κ1) is 9.93. The van der Waals surface area contributed by atoms with E-state index in [-0.39, 0.29) is 11.6 Å². The third-order valence-corrected chi connectivity index (χ3v) is 2.58. The molecule has 0 spiro atoms. The molecular formula is C11H8ClNO2. The van der Waals surface area contributed by atoms with Gasteiger partial charge in [0.1, 0.15) is 0 Å². The Labute approximate surface area is 91.4 Å². The van der Waals surface area contributed by atoms with Crippen molar-refractivity contribution in [2.24, 2.45) is 0 Å². The highest BCUT2D eigenvalue weighted by Crippen LogP contribution is 2.26. The Bertz CT molecular complexity index is 525. The van der Waals surface area contributed by atoms with E-state index in [1.807, 2.05) is 24.3 Å². The second kappa shape index (κ2) is 3.87. The highest BCUT2D eigenvalue weighted by atomic mass is 35.5. The minimum atomic E-state index is -0.399. The van der Waals surface area contributed by atoms with Gasteiger partial charge < -0.3 is 0 Å². The van der Waals surface area contributed by atoms with Crippen molar-refractivity contribution in [2.75, 3.05) is 0 Å². The molecule has 0 fully saturated rings. The zero-order chi connectivity index (χ0) is 10.8. The lowest BCUT2D eigenvalue weighted by atomic mass is 10.1. The lowest BCUT2D eigenvalue weighted by molar-refractivity contribution is -0.385. The standard InChI is InChI=1S/C11H8ClNO2/c12-7-10-5-8-3-1-2-4-9(8)6-11(10)13(14)15/h1-6H,7H2. The van der Waals surface area contributed by atoms with E-state index in [1.165, 1.54) is 0 Å². The fourth-order valence-electron chi connectivity index (χ4n) is 1.55. The highest BCUT2D eigenvalue weighted by Gasteiger charge is 2.13. The van der Waals surface area contributed by atoms with Gasteiger partial charge in [-0.25, -0.2) is 0 Å². The van der Waals surface area contributed by atoms with Crippen LogP contribution < -0.4 is 0 Å². The Morgan fingerprint density at radius 1 is 1.20 bits per heavy atom. The number of fused-ring (bicyclic) bond motifs is 1. The predicted octanol–water partition coefficient (Wildman–Crippen LogP) is 3.49. The van der Waals surface area contributed by atoms with Gasteiger partial charge in [-0.1, -0.05) is 24.3 Å². The smallest absolute Gasteiger partial charge is 0.258 e. The van der Waals surface area contributed by atoms with Crippen molar-refractivity contribution in [1.29, 1.82) is 0 Å². The molecule has 0 amide bonds. The molecule has 0 aromatic heterocycles. The molecule has 0 saturated heterocycles. The number of nitro benzene ring substituents is 1. The van der Waals surface area contributed by atoms with Gasteiger partial charge in [-0.05, 0) is 16.8 Å². The molecule has 15 heavy (non-hydrogen) atoms. The Hall–Kier alpha value is -1.61. The van der Waals surface area contributed by atoms with Crippen molar-refractivity contribution in [2.45, 2.75) is 5.88 Å². The average Bonchev–Trinajstić information content (AvgIpc) is 2.27. The van der Waals surface area contributed by atoms with Crippen LogP contribution in [0, 0.1) is 10.1 Å². The van der Waals surface area contributed by atoms with Crippen molar-refractivity contribution < 1.29 is 4.92 Å². The van der Waals surface area contributed by atoms with Crippen molar-refractivity contribution >= 4 is 28.1 Å². The molecular weight excluding hydrogens is 214 g/mol. The molecule has 0 bridgehead atoms. The second-order valence-corrected chi connectivity index (χ2v) is 3.49. The van der Waals surface area contributed by atoms with E-state index < -0.39 is 4.92 Å². The van der Waals surface area contributed by atoms with E-state index in [1.54, 1.807) is 12.1 Å². The van der Waals surface area contributed by atoms with Gasteiger partial charge in [-0.2, -0.15) is 0 Å². The third-order valence-electron chi connectivity index (χ3n) is 2.29. The van der Waals surface area contributed by atoms with Crippen LogP contribution in [0.2, 0.25) is 0 Å². The molecule has 0 aliphatic rings. The van der Waals surface area contributed by atoms with Crippen molar-refractivity contribution in [3.05, 3.63) is 52.1 Å². The van der Waals surface area contributed by atoms with Gasteiger partial charge in [0.15, 0.2) is 0 Å². The summed E-state index contributed by atoms with van der Waals surface area (Å²) in [5, 5.41) is 12.6. The van der Waals surface area contributed by atoms with Crippen LogP contribution in [0.15, 0.2) is 36.4 Å². The molecule has 76 valence electrons. The van der Waals surface area contributed by atoms with E-state index in [0.29, 0.717) is 5.56 Å². The van der Waals surface area contributed by atoms with Crippen LogP contribution in [0.1, 0.15) is 5.56 Å². The molecule has 2 rings (SSSR count). The summed E-state index contributed by atoms with van der Waals surface area (Å²) >= 11 is 5.67. The summed E-state index contributed by atoms with van der Waals surface area (Å²) in [6.45, 7) is 0. The fourth-order valence-corrected chi connectivity index (χ4v) is 1.77. The minimum Gasteiger partial charge on any atom is -0.258 e. The topological polar surface area (TPSA) is 43.1 Å². The summed E-state index contributed by atoms with van der Waals surface area (Å²) in [7, 11) is 0. The Balaban J connectivity index is 2.74. The number of alkyl halides is 1. The van der Waals surface area contributed by atoms with Crippen LogP contribution in [0.5, 0.6) is 0 Å². The summed E-state index contributed by atoms with van der Waals surface area (Å²) in [5.74, 6) is 0.154. The molecule has 2 aromatic carbocycles. The highest BCUT2D eigenvalue weighted by molar-refractivity contribution is 6.17. The first-order chi connectivity index (χ1) is 7.22. The van der Waals surface area contributed by atoms with Gasteiger partial charge in [0.05, 0.1) is 10.8 Å². The number of hydrogen-bond donors (Lipinski definition) is 0. The number of halogens is 1. The molecule has 0 N–H and O–H groups in total. The molecule has 4 heteroatoms. The van der Waals surface area contributed by atoms with E-state index in [4.69, 9.17) is 11.6 Å². The zero-order valence-corrected chi connectivity index (χ0v) is 8.57. The normalized spacial score (nSPS) is 10.5. The van der Waals surface area contributed by atoms with Crippen LogP contribution in [0.4, 0.5) is 5.69 Å². The molecule has 0 saturated carbocycles. The van der Waals surface area contributed by atoms with E-state index in [2.05, 4.69) is 0 Å². The number of nitro groups is 1. The van der Waals surface area contributed by atoms with Crippen molar-refractivity contribution in [1.82, 2.24) is 0 Å². The first-order valence-electron chi connectivity index (χ1n) is 4.44. The summed E-state index contributed by atoms with van der Waals surface area (Å²) in [5.41, 5.74) is 0.643. The molecule has 0 heterocycles. The summed E-state index contributed by atoms with van der Waals surface area (Å²) in [6.07, 6.45) is 0. The average molecular weight is 222 g/mol. The van der Waals surface area contributed by atoms with Crippen LogP contribution in [0.3, 0.4) is 0 Å². The maximum absolute atomic E-state index is 10.8. The quantitative estimate of drug-likeness (QED) is 0.443. The molecule has 2 aromatic rings. The third kappa shape index (κ3) is 1.78. The van der Waals surface area contributed by atoms with Gasteiger partial charge >= 0.3 is 0 Å². The number of benzene rings is 2. The Kier molecular flexibility index (Phi) is 2.56. The first-order valence-corrected chi connectivity index (χ1v) is 4.98. The van der Waals surface area contributed by atoms with Gasteiger partial charge in [-0.15, -0.1) is 11.6 Å². The van der Waals surface area contributed by atoms with Crippen LogP contribution >= 0.6 is 11.6 Å². The van der Waals surface area contributed by atoms with Gasteiger partial charge in [-0.3, -0.25) is 10.1 Å². The molecule has 0 radical (unpaired) electrons. The monoisotopic (exact) mass is 221 g/mol. The molecule has 0 aliphatic carbocycles. The van der Waals surface area contributed by atoms with E-state index >= 15 is 0 Å². The maximum atomic E-state index is 10.8. The molecule has 0 aliphatic heterocycles. The molecule has 0 unspecified atom stereocenters. The number of nitrogens with zero attached hydrogens (tertiary/aromatic N) is 1. The Morgan fingerprint density at radius 2 is 1.80 bits per heavy atom. The predicted molar refractivity (Wildman–Crippen MR) is 60.2 cm³/mol. The zero-order valence-electron chi connectivity index (χ0n) is 7.81. The maximum Gasteiger partial charge on any atom is 0.274 e. The van der Waals surface area contributed by atoms with Gasteiger partial charge in [0.25, 0.3) is 5.69 Å². The Morgan fingerprint density at radius 3 is 2.33 bits per heavy atom. The van der Waals surface area contributed by atoms with Crippen LogP contribution in [-0.4, -0.2) is 4.92 Å². The van der Waals surface area contributed by atoms with E-state index in [9.17, 15) is 10.1 Å². The van der Waals surface area contributed by atoms with Gasteiger partial charge in [0, 0.05) is 11.6 Å². The largest absolute Gasteiger partial charge is 0.274 e.